The van der Waals surface area contributed by atoms with Crippen molar-refractivity contribution in [2.45, 2.75) is 39.2 Å². The molecule has 1 atom stereocenters. The lowest BCUT2D eigenvalue weighted by molar-refractivity contribution is -0.116. The fourth-order valence-electron chi connectivity index (χ4n) is 3.64. The maximum atomic E-state index is 13.2. The van der Waals surface area contributed by atoms with Crippen molar-refractivity contribution < 1.29 is 18.7 Å². The molecule has 0 spiro atoms. The molecular weight excluding hydrogens is 373 g/mol. The number of carbonyl (C=O) groups is 2. The number of piperidine rings is 1. The van der Waals surface area contributed by atoms with Crippen LogP contribution in [0.3, 0.4) is 0 Å². The molecule has 1 aliphatic carbocycles. The van der Waals surface area contributed by atoms with E-state index in [0.29, 0.717) is 36.4 Å². The number of hydrogen-bond acceptors (Lipinski definition) is 5. The maximum Gasteiger partial charge on any atom is 0.410 e. The number of allylic oxidation sites excluding steroid dienone is 2. The number of carbonyl (C=O) groups excluding carboxylic acids is 2. The second-order valence-corrected chi connectivity index (χ2v) is 8.44. The van der Waals surface area contributed by atoms with Gasteiger partial charge in [0, 0.05) is 13.1 Å². The van der Waals surface area contributed by atoms with Gasteiger partial charge in [-0.1, -0.05) is 5.57 Å². The van der Waals surface area contributed by atoms with Crippen LogP contribution in [0.25, 0.3) is 0 Å². The second-order valence-electron chi connectivity index (χ2n) is 8.44. The number of aldehydes is 1. The molecule has 1 aromatic rings. The summed E-state index contributed by atoms with van der Waals surface area (Å²) < 4.78 is 18.6. The molecule has 1 amide bonds. The molecule has 1 heterocycles. The van der Waals surface area contributed by atoms with Gasteiger partial charge < -0.3 is 20.2 Å². The van der Waals surface area contributed by atoms with Crippen LogP contribution in [0.1, 0.15) is 33.6 Å². The lowest BCUT2D eigenvalue weighted by Gasteiger charge is -2.44. The normalized spacial score (nSPS) is 24.8. The van der Waals surface area contributed by atoms with Gasteiger partial charge in [-0.15, -0.1) is 0 Å². The van der Waals surface area contributed by atoms with Crippen LogP contribution in [0.2, 0.25) is 0 Å². The first-order valence-corrected chi connectivity index (χ1v) is 9.56. The number of nitrogens with zero attached hydrogens (tertiary/aromatic N) is 2. The van der Waals surface area contributed by atoms with E-state index in [1.54, 1.807) is 17.0 Å². The summed E-state index contributed by atoms with van der Waals surface area (Å²) in [7, 11) is 0. The molecule has 1 fully saturated rings. The van der Waals surface area contributed by atoms with Gasteiger partial charge in [0.05, 0.1) is 16.8 Å². The number of nitrogens with two attached hydrogens (primary N) is 1. The minimum absolute atomic E-state index is 0.235. The molecule has 2 aliphatic rings. The topological polar surface area (TPSA) is 85.0 Å². The summed E-state index contributed by atoms with van der Waals surface area (Å²) in [6.07, 6.45) is 4.66. The number of likely N-dealkylation sites (tertiary alicyclic amines) is 1. The van der Waals surface area contributed by atoms with E-state index in [2.05, 4.69) is 4.99 Å². The third-order valence-corrected chi connectivity index (χ3v) is 5.06. The smallest absolute Gasteiger partial charge is 0.410 e. The lowest BCUT2D eigenvalue weighted by Crippen LogP contribution is -2.51. The summed E-state index contributed by atoms with van der Waals surface area (Å²) in [6, 6.07) is 5.86. The van der Waals surface area contributed by atoms with Crippen LogP contribution in [0.4, 0.5) is 14.9 Å². The zero-order valence-corrected chi connectivity index (χ0v) is 16.9. The fourth-order valence-corrected chi connectivity index (χ4v) is 3.64. The van der Waals surface area contributed by atoms with Crippen molar-refractivity contribution in [2.24, 2.45) is 16.1 Å². The predicted molar refractivity (Wildman–Crippen MR) is 109 cm³/mol. The minimum Gasteiger partial charge on any atom is -0.444 e. The summed E-state index contributed by atoms with van der Waals surface area (Å²) >= 11 is 0. The van der Waals surface area contributed by atoms with Crippen LogP contribution in [-0.2, 0) is 9.53 Å². The Morgan fingerprint density at radius 3 is 2.59 bits per heavy atom. The van der Waals surface area contributed by atoms with Crippen molar-refractivity contribution in [2.75, 3.05) is 13.1 Å². The van der Waals surface area contributed by atoms with Gasteiger partial charge in [0.1, 0.15) is 17.7 Å². The maximum absolute atomic E-state index is 13.2. The van der Waals surface area contributed by atoms with Gasteiger partial charge in [-0.3, -0.25) is 0 Å². The van der Waals surface area contributed by atoms with Gasteiger partial charge >= 0.3 is 6.09 Å². The van der Waals surface area contributed by atoms with E-state index in [1.807, 2.05) is 26.8 Å². The van der Waals surface area contributed by atoms with Crippen molar-refractivity contribution in [1.29, 1.82) is 0 Å². The Bertz CT molecular complexity index is 897. The molecule has 29 heavy (non-hydrogen) atoms. The van der Waals surface area contributed by atoms with Crippen LogP contribution in [-0.4, -0.2) is 41.7 Å². The molecule has 7 heteroatoms. The highest BCUT2D eigenvalue weighted by molar-refractivity contribution is 6.12. The minimum atomic E-state index is -0.845. The number of aliphatic imine (C=N–C) groups is 1. The summed E-state index contributed by atoms with van der Waals surface area (Å²) in [5, 5.41) is 0. The molecule has 0 saturated carbocycles. The van der Waals surface area contributed by atoms with E-state index in [0.717, 1.165) is 11.9 Å². The van der Waals surface area contributed by atoms with Gasteiger partial charge in [0.2, 0.25) is 0 Å². The average Bonchev–Trinajstić information content (AvgIpc) is 2.67. The molecule has 1 aromatic carbocycles. The molecule has 1 aliphatic heterocycles. The monoisotopic (exact) mass is 399 g/mol. The van der Waals surface area contributed by atoms with Crippen LogP contribution >= 0.6 is 0 Å². The molecule has 0 bridgehead atoms. The first-order chi connectivity index (χ1) is 13.7. The van der Waals surface area contributed by atoms with Crippen LogP contribution < -0.4 is 5.73 Å². The molecule has 0 aromatic heterocycles. The van der Waals surface area contributed by atoms with E-state index < -0.39 is 17.1 Å². The summed E-state index contributed by atoms with van der Waals surface area (Å²) in [6.45, 7) is 6.12. The van der Waals surface area contributed by atoms with Crippen molar-refractivity contribution in [3.63, 3.8) is 0 Å². The Morgan fingerprint density at radius 2 is 2.00 bits per heavy atom. The van der Waals surface area contributed by atoms with Crippen molar-refractivity contribution in [3.8, 4) is 0 Å². The SMILES string of the molecule is CC(C)(C)OC(=O)N1CCC2=CC(=Nc3ccc(F)cc3)C(=CN)CC2(C=O)C1. The number of hydrogen-bond donors (Lipinski definition) is 1. The molecule has 154 valence electrons. The third kappa shape index (κ3) is 4.55. The molecule has 2 N–H and O–H groups in total. The molecule has 3 rings (SSSR count). The lowest BCUT2D eigenvalue weighted by atomic mass is 9.68. The summed E-state index contributed by atoms with van der Waals surface area (Å²) in [5.41, 5.74) is 7.25. The second kappa shape index (κ2) is 7.81. The molecule has 1 saturated heterocycles. The Kier molecular flexibility index (Phi) is 5.59. The van der Waals surface area contributed by atoms with Crippen LogP contribution in [0.15, 0.2) is 52.7 Å². The van der Waals surface area contributed by atoms with Crippen LogP contribution in [0, 0.1) is 11.2 Å². The number of benzene rings is 1. The van der Waals surface area contributed by atoms with E-state index in [1.165, 1.54) is 18.3 Å². The van der Waals surface area contributed by atoms with Gasteiger partial charge in [-0.05, 0) is 75.7 Å². The average molecular weight is 399 g/mol. The summed E-state index contributed by atoms with van der Waals surface area (Å²) in [5.74, 6) is -0.333. The number of halogens is 1. The summed E-state index contributed by atoms with van der Waals surface area (Å²) in [4.78, 5) is 30.8. The first kappa shape index (κ1) is 20.8. The van der Waals surface area contributed by atoms with Gasteiger partial charge in [0.15, 0.2) is 0 Å². The van der Waals surface area contributed by atoms with Gasteiger partial charge in [-0.2, -0.15) is 0 Å². The third-order valence-electron chi connectivity index (χ3n) is 5.06. The highest BCUT2D eigenvalue weighted by Crippen LogP contribution is 2.43. The van der Waals surface area contributed by atoms with E-state index in [4.69, 9.17) is 10.5 Å². The van der Waals surface area contributed by atoms with Crippen molar-refractivity contribution in [1.82, 2.24) is 4.90 Å². The van der Waals surface area contributed by atoms with Crippen molar-refractivity contribution in [3.05, 3.63) is 53.5 Å². The Morgan fingerprint density at radius 1 is 1.31 bits per heavy atom. The zero-order chi connectivity index (χ0) is 21.2. The first-order valence-electron chi connectivity index (χ1n) is 9.56. The standard InChI is InChI=1S/C22H26FN3O3/c1-21(2,3)29-20(28)26-9-8-16-10-19(25-18-6-4-17(23)5-7-18)15(12-24)11-22(16,13-26)14-27/h4-7,10,12,14H,8-9,11,13,24H2,1-3H3. The number of rotatable bonds is 2. The molecule has 6 nitrogen and oxygen atoms in total. The van der Waals surface area contributed by atoms with E-state index >= 15 is 0 Å². The Labute approximate surface area is 169 Å². The highest BCUT2D eigenvalue weighted by Gasteiger charge is 2.45. The van der Waals surface area contributed by atoms with Gasteiger partial charge in [0.25, 0.3) is 0 Å². The zero-order valence-electron chi connectivity index (χ0n) is 16.9. The number of ether oxygens (including phenoxy) is 1. The molecule has 0 radical (unpaired) electrons. The molecular formula is C22H26FN3O3. The van der Waals surface area contributed by atoms with Crippen molar-refractivity contribution >= 4 is 23.8 Å². The Balaban J connectivity index is 1.91. The quantitative estimate of drug-likeness (QED) is 0.765. The van der Waals surface area contributed by atoms with Gasteiger partial charge in [-0.25, -0.2) is 14.2 Å². The number of amides is 1. The fraction of sp³-hybridized carbons (Fsp3) is 0.409. The Hall–Kier alpha value is -2.96. The molecule has 1 unspecified atom stereocenters. The van der Waals surface area contributed by atoms with Crippen LogP contribution in [0.5, 0.6) is 0 Å². The predicted octanol–water partition coefficient (Wildman–Crippen LogP) is 3.90. The van der Waals surface area contributed by atoms with E-state index in [9.17, 15) is 14.0 Å². The number of fused-ring (bicyclic) bond motifs is 1. The van der Waals surface area contributed by atoms with E-state index in [-0.39, 0.29) is 12.4 Å². The largest absolute Gasteiger partial charge is 0.444 e. The highest BCUT2D eigenvalue weighted by atomic mass is 19.1.